The summed E-state index contributed by atoms with van der Waals surface area (Å²) in [5, 5.41) is 7.14. The molecule has 5 heteroatoms. The molecule has 1 aliphatic carbocycles. The van der Waals surface area contributed by atoms with E-state index in [2.05, 4.69) is 20.7 Å². The minimum Gasteiger partial charge on any atom is -0.308 e. The van der Waals surface area contributed by atoms with E-state index >= 15 is 0 Å². The summed E-state index contributed by atoms with van der Waals surface area (Å²) < 4.78 is 0. The molecule has 2 heterocycles. The first-order chi connectivity index (χ1) is 8.31. The standard InChI is InChI=1S/C12H12ClN3S/c13-8-1-4-11(15-5-8)12-16-10(7-17-12)6-14-9-2-3-9/h1,4-5,7,9,14H,2-3,6H2. The number of rotatable bonds is 4. The van der Waals surface area contributed by atoms with Crippen LogP contribution in [0.25, 0.3) is 10.7 Å². The molecule has 17 heavy (non-hydrogen) atoms. The third kappa shape index (κ3) is 2.83. The van der Waals surface area contributed by atoms with Gasteiger partial charge in [-0.15, -0.1) is 11.3 Å². The molecule has 2 aromatic rings. The molecule has 2 aromatic heterocycles. The van der Waals surface area contributed by atoms with E-state index in [0.717, 1.165) is 22.9 Å². The Morgan fingerprint density at radius 1 is 1.41 bits per heavy atom. The van der Waals surface area contributed by atoms with Crippen LogP contribution in [0.1, 0.15) is 18.5 Å². The van der Waals surface area contributed by atoms with Gasteiger partial charge >= 0.3 is 0 Å². The molecule has 0 unspecified atom stereocenters. The number of nitrogens with one attached hydrogen (secondary N) is 1. The van der Waals surface area contributed by atoms with Gasteiger partial charge in [0.05, 0.1) is 16.4 Å². The maximum atomic E-state index is 5.81. The van der Waals surface area contributed by atoms with Crippen LogP contribution in [-0.4, -0.2) is 16.0 Å². The smallest absolute Gasteiger partial charge is 0.142 e. The highest BCUT2D eigenvalue weighted by Crippen LogP contribution is 2.24. The lowest BCUT2D eigenvalue weighted by atomic mass is 10.3. The molecule has 0 spiro atoms. The maximum Gasteiger partial charge on any atom is 0.142 e. The van der Waals surface area contributed by atoms with Crippen LogP contribution in [0.3, 0.4) is 0 Å². The third-order valence-electron chi connectivity index (χ3n) is 2.65. The highest BCUT2D eigenvalue weighted by Gasteiger charge is 2.20. The summed E-state index contributed by atoms with van der Waals surface area (Å²) in [6.07, 6.45) is 4.26. The summed E-state index contributed by atoms with van der Waals surface area (Å²) in [5.74, 6) is 0. The summed E-state index contributed by atoms with van der Waals surface area (Å²) in [5.41, 5.74) is 1.98. The molecule has 1 aliphatic rings. The Kier molecular flexibility index (Phi) is 3.09. The van der Waals surface area contributed by atoms with Gasteiger partial charge in [0.25, 0.3) is 0 Å². The number of thiazole rings is 1. The molecular formula is C12H12ClN3S. The zero-order chi connectivity index (χ0) is 11.7. The first-order valence-electron chi connectivity index (χ1n) is 5.61. The zero-order valence-corrected chi connectivity index (χ0v) is 10.8. The van der Waals surface area contributed by atoms with Gasteiger partial charge in [0.15, 0.2) is 0 Å². The average molecular weight is 266 g/mol. The maximum absolute atomic E-state index is 5.81. The van der Waals surface area contributed by atoms with Crippen LogP contribution >= 0.6 is 22.9 Å². The fourth-order valence-electron chi connectivity index (χ4n) is 1.54. The van der Waals surface area contributed by atoms with E-state index in [-0.39, 0.29) is 0 Å². The number of nitrogens with zero attached hydrogens (tertiary/aromatic N) is 2. The Morgan fingerprint density at radius 2 is 2.29 bits per heavy atom. The van der Waals surface area contributed by atoms with Gasteiger partial charge in [0.2, 0.25) is 0 Å². The van der Waals surface area contributed by atoms with Crippen molar-refractivity contribution in [1.29, 1.82) is 0 Å². The average Bonchev–Trinajstić information content (AvgIpc) is 3.06. The van der Waals surface area contributed by atoms with Crippen molar-refractivity contribution < 1.29 is 0 Å². The third-order valence-corrected chi connectivity index (χ3v) is 3.78. The summed E-state index contributed by atoms with van der Waals surface area (Å²) in [4.78, 5) is 8.83. The number of pyridine rings is 1. The molecule has 0 aromatic carbocycles. The van der Waals surface area contributed by atoms with Crippen LogP contribution in [-0.2, 0) is 6.54 Å². The Bertz CT molecular complexity index is 505. The second-order valence-electron chi connectivity index (χ2n) is 4.16. The van der Waals surface area contributed by atoms with Gasteiger partial charge in [-0.05, 0) is 25.0 Å². The van der Waals surface area contributed by atoms with Crippen molar-refractivity contribution in [3.63, 3.8) is 0 Å². The van der Waals surface area contributed by atoms with Crippen molar-refractivity contribution >= 4 is 22.9 Å². The quantitative estimate of drug-likeness (QED) is 0.923. The molecule has 3 nitrogen and oxygen atoms in total. The van der Waals surface area contributed by atoms with Crippen molar-refractivity contribution in [2.75, 3.05) is 0 Å². The largest absolute Gasteiger partial charge is 0.308 e. The fourth-order valence-corrected chi connectivity index (χ4v) is 2.45. The Labute approximate surface area is 109 Å². The molecule has 0 bridgehead atoms. The summed E-state index contributed by atoms with van der Waals surface area (Å²) >= 11 is 7.43. The van der Waals surface area contributed by atoms with Crippen molar-refractivity contribution in [3.8, 4) is 10.7 Å². The van der Waals surface area contributed by atoms with E-state index in [4.69, 9.17) is 11.6 Å². The first kappa shape index (κ1) is 11.1. The van der Waals surface area contributed by atoms with Gasteiger partial charge in [-0.2, -0.15) is 0 Å². The molecule has 0 amide bonds. The van der Waals surface area contributed by atoms with E-state index in [9.17, 15) is 0 Å². The highest BCUT2D eigenvalue weighted by atomic mass is 35.5. The van der Waals surface area contributed by atoms with E-state index < -0.39 is 0 Å². The van der Waals surface area contributed by atoms with Crippen LogP contribution in [0, 0.1) is 0 Å². The molecule has 0 radical (unpaired) electrons. The minimum absolute atomic E-state index is 0.654. The van der Waals surface area contributed by atoms with Gasteiger partial charge in [-0.3, -0.25) is 4.98 Å². The summed E-state index contributed by atoms with van der Waals surface area (Å²) in [6.45, 7) is 0.856. The van der Waals surface area contributed by atoms with Crippen LogP contribution in [0.5, 0.6) is 0 Å². The second-order valence-corrected chi connectivity index (χ2v) is 5.46. The lowest BCUT2D eigenvalue weighted by molar-refractivity contribution is 0.678. The Balaban J connectivity index is 1.72. The normalized spacial score (nSPS) is 15.1. The summed E-state index contributed by atoms with van der Waals surface area (Å²) in [6, 6.07) is 4.46. The Morgan fingerprint density at radius 3 is 3.00 bits per heavy atom. The van der Waals surface area contributed by atoms with Gasteiger partial charge in [-0.1, -0.05) is 11.6 Å². The molecule has 3 rings (SSSR count). The Hall–Kier alpha value is -0.970. The highest BCUT2D eigenvalue weighted by molar-refractivity contribution is 7.13. The van der Waals surface area contributed by atoms with Gasteiger partial charge in [0, 0.05) is 24.2 Å². The number of hydrogen-bond acceptors (Lipinski definition) is 4. The van der Waals surface area contributed by atoms with Crippen molar-refractivity contribution in [3.05, 3.63) is 34.4 Å². The van der Waals surface area contributed by atoms with Gasteiger partial charge in [0.1, 0.15) is 5.01 Å². The first-order valence-corrected chi connectivity index (χ1v) is 6.87. The number of aromatic nitrogens is 2. The molecular weight excluding hydrogens is 254 g/mol. The van der Waals surface area contributed by atoms with Gasteiger partial charge in [-0.25, -0.2) is 4.98 Å². The minimum atomic E-state index is 0.654. The second kappa shape index (κ2) is 4.72. The zero-order valence-electron chi connectivity index (χ0n) is 9.19. The van der Waals surface area contributed by atoms with E-state index in [1.165, 1.54) is 12.8 Å². The van der Waals surface area contributed by atoms with Crippen LogP contribution < -0.4 is 5.32 Å². The monoisotopic (exact) mass is 265 g/mol. The molecule has 0 aliphatic heterocycles. The van der Waals surface area contributed by atoms with Gasteiger partial charge < -0.3 is 5.32 Å². The number of hydrogen-bond donors (Lipinski definition) is 1. The molecule has 0 saturated heterocycles. The molecule has 1 fully saturated rings. The topological polar surface area (TPSA) is 37.8 Å². The molecule has 88 valence electrons. The van der Waals surface area contributed by atoms with E-state index in [1.807, 2.05) is 12.1 Å². The van der Waals surface area contributed by atoms with Crippen LogP contribution in [0.15, 0.2) is 23.7 Å². The van der Waals surface area contributed by atoms with E-state index in [1.54, 1.807) is 17.5 Å². The van der Waals surface area contributed by atoms with Crippen molar-refractivity contribution in [2.45, 2.75) is 25.4 Å². The molecule has 0 atom stereocenters. The predicted molar refractivity (Wildman–Crippen MR) is 70.2 cm³/mol. The molecule has 1 N–H and O–H groups in total. The predicted octanol–water partition coefficient (Wildman–Crippen LogP) is 3.11. The fraction of sp³-hybridized carbons (Fsp3) is 0.333. The van der Waals surface area contributed by atoms with Crippen molar-refractivity contribution in [1.82, 2.24) is 15.3 Å². The lowest BCUT2D eigenvalue weighted by Crippen LogP contribution is -2.15. The SMILES string of the molecule is Clc1ccc(-c2nc(CNC3CC3)cs2)nc1. The lowest BCUT2D eigenvalue weighted by Gasteiger charge is -1.98. The van der Waals surface area contributed by atoms with E-state index in [0.29, 0.717) is 11.1 Å². The summed E-state index contributed by atoms with van der Waals surface area (Å²) in [7, 11) is 0. The number of halogens is 1. The van der Waals surface area contributed by atoms with Crippen LogP contribution in [0.2, 0.25) is 5.02 Å². The molecule has 1 saturated carbocycles. The van der Waals surface area contributed by atoms with Crippen LogP contribution in [0.4, 0.5) is 0 Å². The van der Waals surface area contributed by atoms with Crippen molar-refractivity contribution in [2.24, 2.45) is 0 Å².